The first-order valence-corrected chi connectivity index (χ1v) is 12.3. The van der Waals surface area contributed by atoms with Crippen molar-refractivity contribution in [3.63, 3.8) is 0 Å². The molecule has 0 radical (unpaired) electrons. The molecule has 3 aromatic rings. The minimum absolute atomic E-state index is 0.134. The molecule has 0 fully saturated rings. The lowest BCUT2D eigenvalue weighted by Gasteiger charge is -2.50. The highest BCUT2D eigenvalue weighted by atomic mass is 32.2. The third kappa shape index (κ3) is 4.45. The van der Waals surface area contributed by atoms with Gasteiger partial charge in [0.15, 0.2) is 0 Å². The second-order valence-electron chi connectivity index (χ2n) is 8.70. The topological polar surface area (TPSA) is 114 Å². The SMILES string of the molecule is CC(=O)N(C1=CCCC1)C(C)(CCCC(=O)O)N(c1ccc2oc3ccccc3c2c1)S(=O)[O-]. The summed E-state index contributed by atoms with van der Waals surface area (Å²) in [4.78, 5) is 25.7. The Balaban J connectivity index is 1.87. The predicted octanol–water partition coefficient (Wildman–Crippen LogP) is 5.07. The minimum atomic E-state index is -2.76. The first-order valence-electron chi connectivity index (χ1n) is 11.2. The Bertz CT molecular complexity index is 1300. The molecule has 34 heavy (non-hydrogen) atoms. The van der Waals surface area contributed by atoms with Gasteiger partial charge in [-0.2, -0.15) is 0 Å². The fourth-order valence-corrected chi connectivity index (χ4v) is 5.73. The molecule has 0 spiro atoms. The number of hydrogen-bond acceptors (Lipinski definition) is 5. The molecule has 0 bridgehead atoms. The molecule has 180 valence electrons. The maximum Gasteiger partial charge on any atom is 0.303 e. The Labute approximate surface area is 200 Å². The van der Waals surface area contributed by atoms with Crippen LogP contribution in [0.2, 0.25) is 0 Å². The maximum atomic E-state index is 12.9. The number of fused-ring (bicyclic) bond motifs is 3. The van der Waals surface area contributed by atoms with Gasteiger partial charge in [0.25, 0.3) is 0 Å². The van der Waals surface area contributed by atoms with Gasteiger partial charge in [0.1, 0.15) is 16.8 Å². The molecule has 2 unspecified atom stereocenters. The quantitative estimate of drug-likeness (QED) is 0.336. The molecule has 2 atom stereocenters. The van der Waals surface area contributed by atoms with Crippen molar-refractivity contribution in [3.8, 4) is 0 Å². The van der Waals surface area contributed by atoms with Gasteiger partial charge in [0.2, 0.25) is 5.91 Å². The van der Waals surface area contributed by atoms with Gasteiger partial charge in [-0.1, -0.05) is 24.3 Å². The van der Waals surface area contributed by atoms with Crippen LogP contribution < -0.4 is 4.31 Å². The van der Waals surface area contributed by atoms with E-state index in [4.69, 9.17) is 4.42 Å². The number of furan rings is 1. The third-order valence-electron chi connectivity index (χ3n) is 6.32. The molecule has 1 amide bonds. The summed E-state index contributed by atoms with van der Waals surface area (Å²) < 4.78 is 32.6. The van der Waals surface area contributed by atoms with E-state index >= 15 is 0 Å². The van der Waals surface area contributed by atoms with Gasteiger partial charge in [-0.15, -0.1) is 0 Å². The van der Waals surface area contributed by atoms with Crippen molar-refractivity contribution in [1.82, 2.24) is 4.90 Å². The summed E-state index contributed by atoms with van der Waals surface area (Å²) in [5.41, 5.74) is 1.11. The Morgan fingerprint density at radius 1 is 1.18 bits per heavy atom. The summed E-state index contributed by atoms with van der Waals surface area (Å²) in [5, 5.41) is 10.8. The molecule has 1 N–H and O–H groups in total. The van der Waals surface area contributed by atoms with Crippen molar-refractivity contribution in [2.45, 2.75) is 58.0 Å². The second-order valence-corrected chi connectivity index (χ2v) is 9.50. The number of amides is 1. The molecule has 1 aliphatic rings. The molecule has 8 nitrogen and oxygen atoms in total. The molecular weight excluding hydrogens is 456 g/mol. The normalized spacial score (nSPS) is 16.3. The molecule has 1 aliphatic carbocycles. The second kappa shape index (κ2) is 9.60. The van der Waals surface area contributed by atoms with Crippen LogP contribution in [0.5, 0.6) is 0 Å². The predicted molar refractivity (Wildman–Crippen MR) is 129 cm³/mol. The zero-order valence-electron chi connectivity index (χ0n) is 19.2. The Morgan fingerprint density at radius 3 is 2.56 bits per heavy atom. The van der Waals surface area contributed by atoms with Crippen LogP contribution in [0.4, 0.5) is 5.69 Å². The first-order chi connectivity index (χ1) is 16.2. The highest BCUT2D eigenvalue weighted by Crippen LogP contribution is 2.40. The monoisotopic (exact) mass is 483 g/mol. The van der Waals surface area contributed by atoms with Crippen LogP contribution in [-0.2, 0) is 20.9 Å². The van der Waals surface area contributed by atoms with E-state index in [2.05, 4.69) is 0 Å². The highest BCUT2D eigenvalue weighted by molar-refractivity contribution is 7.80. The lowest BCUT2D eigenvalue weighted by molar-refractivity contribution is -0.137. The maximum absolute atomic E-state index is 12.9. The van der Waals surface area contributed by atoms with E-state index in [1.807, 2.05) is 30.3 Å². The van der Waals surface area contributed by atoms with Crippen LogP contribution in [0, 0.1) is 0 Å². The van der Waals surface area contributed by atoms with Gasteiger partial charge in [-0.05, 0) is 63.3 Å². The molecule has 0 aliphatic heterocycles. The standard InChI is InChI=1S/C25H28N2O6S/c1-17(28)26(18-8-3-4-9-18)25(2,15-7-12-24(29)30)27(34(31)32)19-13-14-23-21(16-19)20-10-5-6-11-22(20)33-23/h5-6,8,10-11,13-14,16H,3-4,7,9,12,15H2,1-2H3,(H,29,30)(H,31,32)/p-1. The van der Waals surface area contributed by atoms with Crippen molar-refractivity contribution in [3.05, 3.63) is 54.2 Å². The zero-order valence-corrected chi connectivity index (χ0v) is 20.0. The lowest BCUT2D eigenvalue weighted by Crippen LogP contribution is -2.60. The summed E-state index contributed by atoms with van der Waals surface area (Å²) in [5.74, 6) is -1.27. The van der Waals surface area contributed by atoms with Crippen LogP contribution in [0.1, 0.15) is 52.4 Å². The number of hydrogen-bond donors (Lipinski definition) is 1. The van der Waals surface area contributed by atoms with E-state index < -0.39 is 22.9 Å². The van der Waals surface area contributed by atoms with E-state index in [0.717, 1.165) is 29.3 Å². The molecule has 0 saturated carbocycles. The van der Waals surface area contributed by atoms with E-state index in [1.165, 1.54) is 16.1 Å². The highest BCUT2D eigenvalue weighted by Gasteiger charge is 2.43. The van der Waals surface area contributed by atoms with Gasteiger partial charge in [-0.3, -0.25) is 23.0 Å². The van der Waals surface area contributed by atoms with Crippen LogP contribution in [-0.4, -0.2) is 36.3 Å². The summed E-state index contributed by atoms with van der Waals surface area (Å²) in [6.07, 6.45) is 4.50. The van der Waals surface area contributed by atoms with Gasteiger partial charge >= 0.3 is 5.97 Å². The minimum Gasteiger partial charge on any atom is -0.755 e. The number of anilines is 1. The summed E-state index contributed by atoms with van der Waals surface area (Å²) in [6, 6.07) is 12.6. The van der Waals surface area contributed by atoms with E-state index in [0.29, 0.717) is 23.3 Å². The molecule has 1 heterocycles. The number of rotatable bonds is 9. The third-order valence-corrected chi connectivity index (χ3v) is 7.23. The van der Waals surface area contributed by atoms with Crippen LogP contribution in [0.25, 0.3) is 21.9 Å². The number of carbonyl (C=O) groups excluding carboxylic acids is 1. The van der Waals surface area contributed by atoms with Crippen molar-refractivity contribution < 1.29 is 27.9 Å². The van der Waals surface area contributed by atoms with Crippen molar-refractivity contribution in [2.75, 3.05) is 4.31 Å². The van der Waals surface area contributed by atoms with Crippen molar-refractivity contribution >= 4 is 50.8 Å². The van der Waals surface area contributed by atoms with E-state index in [-0.39, 0.29) is 25.2 Å². The number of carboxylic acid groups (broad SMARTS) is 1. The Morgan fingerprint density at radius 2 is 1.91 bits per heavy atom. The van der Waals surface area contributed by atoms with Gasteiger partial charge in [0.05, 0.1) is 5.69 Å². The fraction of sp³-hybridized carbons (Fsp3) is 0.360. The number of nitrogens with zero attached hydrogens (tertiary/aromatic N) is 2. The van der Waals surface area contributed by atoms with Gasteiger partial charge in [0, 0.05) is 41.1 Å². The lowest BCUT2D eigenvalue weighted by atomic mass is 9.99. The fourth-order valence-electron chi connectivity index (χ4n) is 4.95. The van der Waals surface area contributed by atoms with Crippen LogP contribution in [0.15, 0.2) is 58.7 Å². The van der Waals surface area contributed by atoms with Crippen molar-refractivity contribution in [2.24, 2.45) is 0 Å². The molecule has 2 aromatic carbocycles. The molecule has 1 aromatic heterocycles. The first kappa shape index (κ1) is 24.0. The number of carbonyl (C=O) groups is 2. The smallest absolute Gasteiger partial charge is 0.303 e. The van der Waals surface area contributed by atoms with Crippen LogP contribution in [0.3, 0.4) is 0 Å². The van der Waals surface area contributed by atoms with Gasteiger partial charge < -0.3 is 14.1 Å². The van der Waals surface area contributed by atoms with E-state index in [9.17, 15) is 23.5 Å². The molecular formula is C25H27N2O6S-. The number of para-hydroxylation sites is 1. The number of benzene rings is 2. The Hall–Kier alpha value is -3.17. The summed E-state index contributed by atoms with van der Waals surface area (Å²) in [7, 11) is 0. The summed E-state index contributed by atoms with van der Waals surface area (Å²) >= 11 is -2.76. The van der Waals surface area contributed by atoms with Crippen molar-refractivity contribution in [1.29, 1.82) is 0 Å². The van der Waals surface area contributed by atoms with Gasteiger partial charge in [-0.25, -0.2) is 0 Å². The number of aliphatic carboxylic acids is 1. The average Bonchev–Trinajstić information content (AvgIpc) is 3.41. The summed E-state index contributed by atoms with van der Waals surface area (Å²) in [6.45, 7) is 3.09. The average molecular weight is 484 g/mol. The largest absolute Gasteiger partial charge is 0.755 e. The molecule has 0 saturated heterocycles. The number of allylic oxidation sites excluding steroid dienone is 2. The number of carboxylic acids is 1. The molecule has 9 heteroatoms. The van der Waals surface area contributed by atoms with E-state index in [1.54, 1.807) is 25.1 Å². The Kier molecular flexibility index (Phi) is 6.77. The van der Waals surface area contributed by atoms with Crippen LogP contribution >= 0.6 is 0 Å². The zero-order chi connectivity index (χ0) is 24.5. The molecule has 4 rings (SSSR count).